The molecule has 0 unspecified atom stereocenters. The minimum absolute atomic E-state index is 0.220. The van der Waals surface area contributed by atoms with Gasteiger partial charge in [0.1, 0.15) is 11.5 Å². The third kappa shape index (κ3) is 3.43. The summed E-state index contributed by atoms with van der Waals surface area (Å²) in [6.45, 7) is 5.44. The Hall–Kier alpha value is -2.24. The molecule has 0 radical (unpaired) electrons. The second-order valence-electron chi connectivity index (χ2n) is 7.33. The molecule has 3 heterocycles. The van der Waals surface area contributed by atoms with Crippen molar-refractivity contribution < 1.29 is 9.21 Å². The fourth-order valence-corrected chi connectivity index (χ4v) is 3.65. The molecule has 1 saturated carbocycles. The van der Waals surface area contributed by atoms with Gasteiger partial charge in [0.25, 0.3) is 0 Å². The Labute approximate surface area is 148 Å². The van der Waals surface area contributed by atoms with Gasteiger partial charge in [-0.1, -0.05) is 6.92 Å². The highest BCUT2D eigenvalue weighted by molar-refractivity contribution is 5.76. The van der Waals surface area contributed by atoms with Crippen LogP contribution in [0, 0.1) is 5.92 Å². The molecule has 25 heavy (non-hydrogen) atoms. The van der Waals surface area contributed by atoms with E-state index in [9.17, 15) is 4.79 Å². The minimum atomic E-state index is 0.220. The maximum atomic E-state index is 12.5. The third-order valence-corrected chi connectivity index (χ3v) is 5.45. The Kier molecular flexibility index (Phi) is 4.27. The van der Waals surface area contributed by atoms with Crippen LogP contribution in [0.1, 0.15) is 37.2 Å². The average molecular weight is 342 g/mol. The van der Waals surface area contributed by atoms with Crippen LogP contribution in [0.25, 0.3) is 0 Å². The summed E-state index contributed by atoms with van der Waals surface area (Å²) in [5, 5.41) is 0. The van der Waals surface area contributed by atoms with Crippen molar-refractivity contribution in [3.05, 3.63) is 36.0 Å². The van der Waals surface area contributed by atoms with Crippen LogP contribution < -0.4 is 4.90 Å². The maximum absolute atomic E-state index is 12.5. The van der Waals surface area contributed by atoms with Crippen molar-refractivity contribution in [3.8, 4) is 0 Å². The molecule has 6 nitrogen and oxygen atoms in total. The van der Waals surface area contributed by atoms with Crippen LogP contribution in [-0.2, 0) is 18.3 Å². The summed E-state index contributed by atoms with van der Waals surface area (Å²) in [6.07, 6.45) is 6.21. The maximum Gasteiger partial charge on any atom is 0.223 e. The first-order valence-corrected chi connectivity index (χ1v) is 9.20. The fourth-order valence-electron chi connectivity index (χ4n) is 3.65. The lowest BCUT2D eigenvalue weighted by atomic mass is 10.2. The van der Waals surface area contributed by atoms with E-state index in [2.05, 4.69) is 22.9 Å². The quantitative estimate of drug-likeness (QED) is 0.837. The number of carbonyl (C=O) groups is 1. The number of anilines is 1. The first-order valence-electron chi connectivity index (χ1n) is 9.20. The average Bonchev–Trinajstić information content (AvgIpc) is 3.01. The van der Waals surface area contributed by atoms with Crippen molar-refractivity contribution in [2.75, 3.05) is 31.1 Å². The van der Waals surface area contributed by atoms with Crippen LogP contribution in [0.2, 0.25) is 0 Å². The van der Waals surface area contributed by atoms with E-state index in [0.717, 1.165) is 49.6 Å². The van der Waals surface area contributed by atoms with Gasteiger partial charge in [-0.15, -0.1) is 0 Å². The highest BCUT2D eigenvalue weighted by atomic mass is 16.3. The number of aromatic nitrogens is 2. The van der Waals surface area contributed by atoms with Crippen molar-refractivity contribution >= 4 is 11.9 Å². The van der Waals surface area contributed by atoms with Gasteiger partial charge in [-0.25, -0.2) is 4.98 Å². The van der Waals surface area contributed by atoms with E-state index < -0.39 is 0 Å². The monoisotopic (exact) mass is 342 g/mol. The summed E-state index contributed by atoms with van der Waals surface area (Å²) >= 11 is 0. The molecule has 2 aliphatic rings. The molecule has 1 aliphatic carbocycles. The summed E-state index contributed by atoms with van der Waals surface area (Å²) in [5.41, 5.74) is 0. The zero-order chi connectivity index (χ0) is 17.4. The molecule has 2 fully saturated rings. The summed E-state index contributed by atoms with van der Waals surface area (Å²) < 4.78 is 7.93. The number of nitrogens with zero attached hydrogens (tertiary/aromatic N) is 4. The predicted molar refractivity (Wildman–Crippen MR) is 95.6 cm³/mol. The van der Waals surface area contributed by atoms with Crippen LogP contribution in [-0.4, -0.2) is 46.5 Å². The highest BCUT2D eigenvalue weighted by Crippen LogP contribution is 2.47. The molecule has 4 rings (SSSR count). The first kappa shape index (κ1) is 16.2. The minimum Gasteiger partial charge on any atom is -0.466 e. The van der Waals surface area contributed by atoms with Crippen molar-refractivity contribution in [3.63, 3.8) is 0 Å². The van der Waals surface area contributed by atoms with Crippen molar-refractivity contribution in [2.24, 2.45) is 13.0 Å². The van der Waals surface area contributed by atoms with Crippen molar-refractivity contribution in [2.45, 2.75) is 32.1 Å². The van der Waals surface area contributed by atoms with E-state index in [4.69, 9.17) is 4.42 Å². The lowest BCUT2D eigenvalue weighted by Gasteiger charge is -2.35. The molecule has 2 atom stereocenters. The molecule has 1 aliphatic heterocycles. The van der Waals surface area contributed by atoms with Crippen LogP contribution in [0.5, 0.6) is 0 Å². The van der Waals surface area contributed by atoms with E-state index in [0.29, 0.717) is 18.8 Å². The number of aryl methyl sites for hydroxylation is 2. The normalized spacial score (nSPS) is 23.1. The smallest absolute Gasteiger partial charge is 0.223 e. The summed E-state index contributed by atoms with van der Waals surface area (Å²) in [6, 6.07) is 4.12. The molecule has 0 aromatic carbocycles. The molecule has 0 spiro atoms. The molecule has 2 aromatic heterocycles. The molecule has 1 amide bonds. The summed E-state index contributed by atoms with van der Waals surface area (Å²) in [7, 11) is 2.00. The zero-order valence-corrected chi connectivity index (χ0v) is 15.0. The van der Waals surface area contributed by atoms with Gasteiger partial charge >= 0.3 is 0 Å². The number of hydrogen-bond donors (Lipinski definition) is 0. The van der Waals surface area contributed by atoms with Gasteiger partial charge in [0.05, 0.1) is 0 Å². The zero-order valence-electron chi connectivity index (χ0n) is 15.0. The Bertz CT molecular complexity index is 742. The number of carbonyl (C=O) groups excluding carboxylic acids is 1. The molecule has 0 bridgehead atoms. The topological polar surface area (TPSA) is 54.5 Å². The third-order valence-electron chi connectivity index (χ3n) is 5.45. The largest absolute Gasteiger partial charge is 0.466 e. The standard InChI is InChI=1S/C19H26N4O2/c1-14-13-16(14)17-5-3-15(25-17)4-6-18(24)22-9-11-23(12-10-22)19-20-7-8-21(19)2/h3,5,7-8,14,16H,4,6,9-13H2,1-2H3/t14-,16+/m1/s1. The van der Waals surface area contributed by atoms with E-state index in [1.165, 1.54) is 6.42 Å². The van der Waals surface area contributed by atoms with E-state index in [-0.39, 0.29) is 5.91 Å². The fraction of sp³-hybridized carbons (Fsp3) is 0.579. The van der Waals surface area contributed by atoms with Crippen molar-refractivity contribution in [1.82, 2.24) is 14.5 Å². The molecular weight excluding hydrogens is 316 g/mol. The number of amides is 1. The molecule has 2 aromatic rings. The molecule has 0 N–H and O–H groups in total. The number of rotatable bonds is 5. The van der Waals surface area contributed by atoms with Gasteiger partial charge in [-0.05, 0) is 24.5 Å². The Morgan fingerprint density at radius 3 is 2.68 bits per heavy atom. The number of imidazole rings is 1. The summed E-state index contributed by atoms with van der Waals surface area (Å²) in [4.78, 5) is 21.1. The number of hydrogen-bond acceptors (Lipinski definition) is 4. The first-order chi connectivity index (χ1) is 12.1. The number of piperazine rings is 1. The lowest BCUT2D eigenvalue weighted by Crippen LogP contribution is -2.49. The van der Waals surface area contributed by atoms with Gasteiger partial charge in [0.15, 0.2) is 0 Å². The van der Waals surface area contributed by atoms with Gasteiger partial charge in [-0.2, -0.15) is 0 Å². The van der Waals surface area contributed by atoms with Gasteiger partial charge in [0.2, 0.25) is 11.9 Å². The lowest BCUT2D eigenvalue weighted by molar-refractivity contribution is -0.131. The van der Waals surface area contributed by atoms with Gasteiger partial charge in [-0.3, -0.25) is 4.79 Å². The van der Waals surface area contributed by atoms with Gasteiger partial charge < -0.3 is 18.8 Å². The van der Waals surface area contributed by atoms with E-state index in [1.54, 1.807) is 0 Å². The molecular formula is C19H26N4O2. The molecule has 1 saturated heterocycles. The second-order valence-corrected chi connectivity index (χ2v) is 7.33. The van der Waals surface area contributed by atoms with Crippen LogP contribution in [0.3, 0.4) is 0 Å². The molecule has 6 heteroatoms. The number of furan rings is 1. The van der Waals surface area contributed by atoms with Gasteiger partial charge in [0, 0.05) is 64.4 Å². The predicted octanol–water partition coefficient (Wildman–Crippen LogP) is 2.42. The van der Waals surface area contributed by atoms with Crippen molar-refractivity contribution in [1.29, 1.82) is 0 Å². The van der Waals surface area contributed by atoms with Crippen LogP contribution in [0.15, 0.2) is 28.9 Å². The summed E-state index contributed by atoms with van der Waals surface area (Å²) in [5.74, 6) is 4.58. The Morgan fingerprint density at radius 2 is 2.04 bits per heavy atom. The Balaban J connectivity index is 1.25. The molecule has 134 valence electrons. The van der Waals surface area contributed by atoms with E-state index in [1.807, 2.05) is 35.0 Å². The highest BCUT2D eigenvalue weighted by Gasteiger charge is 2.36. The second kappa shape index (κ2) is 6.58. The van der Waals surface area contributed by atoms with Crippen LogP contribution >= 0.6 is 0 Å². The van der Waals surface area contributed by atoms with E-state index >= 15 is 0 Å². The van der Waals surface area contributed by atoms with Crippen LogP contribution in [0.4, 0.5) is 5.95 Å². The SMILES string of the molecule is C[C@@H]1C[C@@H]1c1ccc(CCC(=O)N2CCN(c3nccn3C)CC2)o1. The Morgan fingerprint density at radius 1 is 1.28 bits per heavy atom.